The van der Waals surface area contributed by atoms with E-state index >= 15 is 0 Å². The van der Waals surface area contributed by atoms with Gasteiger partial charge in [-0.25, -0.2) is 0 Å². The SMILES string of the molecule is CSc1cccc(NC(=O)C(=O)N2CCN(Cc3ccccc3)CC2)c1. The van der Waals surface area contributed by atoms with E-state index in [-0.39, 0.29) is 0 Å². The smallest absolute Gasteiger partial charge is 0.313 e. The molecule has 1 fully saturated rings. The van der Waals surface area contributed by atoms with E-state index < -0.39 is 11.8 Å². The van der Waals surface area contributed by atoms with Gasteiger partial charge in [-0.3, -0.25) is 14.5 Å². The van der Waals surface area contributed by atoms with Gasteiger partial charge in [-0.15, -0.1) is 11.8 Å². The molecule has 26 heavy (non-hydrogen) atoms. The summed E-state index contributed by atoms with van der Waals surface area (Å²) in [6.07, 6.45) is 1.97. The third-order valence-electron chi connectivity index (χ3n) is 4.43. The van der Waals surface area contributed by atoms with Crippen molar-refractivity contribution in [3.05, 3.63) is 60.2 Å². The van der Waals surface area contributed by atoms with Gasteiger partial charge in [0.2, 0.25) is 0 Å². The highest BCUT2D eigenvalue weighted by Gasteiger charge is 2.26. The van der Waals surface area contributed by atoms with E-state index in [1.807, 2.05) is 42.7 Å². The lowest BCUT2D eigenvalue weighted by Gasteiger charge is -2.34. The van der Waals surface area contributed by atoms with E-state index in [0.717, 1.165) is 24.5 Å². The number of thioether (sulfide) groups is 1. The van der Waals surface area contributed by atoms with Gasteiger partial charge in [0.25, 0.3) is 0 Å². The lowest BCUT2D eigenvalue weighted by molar-refractivity contribution is -0.144. The fourth-order valence-corrected chi connectivity index (χ4v) is 3.44. The van der Waals surface area contributed by atoms with E-state index in [0.29, 0.717) is 18.8 Å². The van der Waals surface area contributed by atoms with Crippen LogP contribution in [-0.2, 0) is 16.1 Å². The average molecular weight is 369 g/mol. The Kier molecular flexibility index (Phi) is 6.30. The lowest BCUT2D eigenvalue weighted by atomic mass is 10.2. The molecule has 0 unspecified atom stereocenters. The van der Waals surface area contributed by atoms with Crippen molar-refractivity contribution in [2.24, 2.45) is 0 Å². The molecular formula is C20H23N3O2S. The Morgan fingerprint density at radius 2 is 1.73 bits per heavy atom. The van der Waals surface area contributed by atoms with E-state index in [2.05, 4.69) is 22.3 Å². The highest BCUT2D eigenvalue weighted by Crippen LogP contribution is 2.19. The quantitative estimate of drug-likeness (QED) is 0.665. The molecule has 1 aliphatic rings. The molecule has 5 nitrogen and oxygen atoms in total. The molecule has 0 saturated carbocycles. The maximum absolute atomic E-state index is 12.4. The van der Waals surface area contributed by atoms with Crippen molar-refractivity contribution < 1.29 is 9.59 Å². The van der Waals surface area contributed by atoms with E-state index in [4.69, 9.17) is 0 Å². The molecule has 2 aromatic carbocycles. The van der Waals surface area contributed by atoms with E-state index in [1.165, 1.54) is 5.56 Å². The molecule has 6 heteroatoms. The Labute approximate surface area is 158 Å². The average Bonchev–Trinajstić information content (AvgIpc) is 2.69. The summed E-state index contributed by atoms with van der Waals surface area (Å²) in [7, 11) is 0. The predicted molar refractivity (Wildman–Crippen MR) is 105 cm³/mol. The number of benzene rings is 2. The number of piperazine rings is 1. The lowest BCUT2D eigenvalue weighted by Crippen LogP contribution is -2.51. The van der Waals surface area contributed by atoms with Gasteiger partial charge < -0.3 is 10.2 Å². The van der Waals surface area contributed by atoms with Crippen LogP contribution in [0.5, 0.6) is 0 Å². The third-order valence-corrected chi connectivity index (χ3v) is 5.16. The molecule has 1 saturated heterocycles. The molecule has 0 aliphatic carbocycles. The number of amides is 2. The number of hydrogen-bond donors (Lipinski definition) is 1. The molecule has 0 aromatic heterocycles. The fourth-order valence-electron chi connectivity index (χ4n) is 2.98. The fraction of sp³-hybridized carbons (Fsp3) is 0.300. The second kappa shape index (κ2) is 8.87. The maximum Gasteiger partial charge on any atom is 0.313 e. The van der Waals surface area contributed by atoms with Gasteiger partial charge in [-0.1, -0.05) is 36.4 Å². The number of carbonyl (C=O) groups is 2. The molecule has 1 heterocycles. The zero-order valence-corrected chi connectivity index (χ0v) is 15.7. The summed E-state index contributed by atoms with van der Waals surface area (Å²) in [5.74, 6) is -1.03. The van der Waals surface area contributed by atoms with Crippen molar-refractivity contribution in [2.45, 2.75) is 11.4 Å². The zero-order chi connectivity index (χ0) is 18.4. The predicted octanol–water partition coefficient (Wildman–Crippen LogP) is 2.69. The van der Waals surface area contributed by atoms with E-state index in [1.54, 1.807) is 22.7 Å². The minimum atomic E-state index is -0.570. The second-order valence-corrected chi connectivity index (χ2v) is 7.12. The van der Waals surface area contributed by atoms with Crippen molar-refractivity contribution in [3.63, 3.8) is 0 Å². The molecule has 0 spiro atoms. The summed E-state index contributed by atoms with van der Waals surface area (Å²) in [6.45, 7) is 3.57. The largest absolute Gasteiger partial charge is 0.332 e. The maximum atomic E-state index is 12.4. The van der Waals surface area contributed by atoms with Gasteiger partial charge in [0.1, 0.15) is 0 Å². The van der Waals surface area contributed by atoms with Gasteiger partial charge in [0, 0.05) is 43.3 Å². The van der Waals surface area contributed by atoms with Crippen molar-refractivity contribution >= 4 is 29.3 Å². The topological polar surface area (TPSA) is 52.7 Å². The van der Waals surface area contributed by atoms with Crippen LogP contribution in [0.1, 0.15) is 5.56 Å². The first-order valence-electron chi connectivity index (χ1n) is 8.66. The first-order chi connectivity index (χ1) is 12.7. The molecule has 0 atom stereocenters. The molecular weight excluding hydrogens is 346 g/mol. The molecule has 2 amide bonds. The Bertz CT molecular complexity index is 759. The van der Waals surface area contributed by atoms with Gasteiger partial charge in [0.15, 0.2) is 0 Å². The first-order valence-corrected chi connectivity index (χ1v) is 9.89. The van der Waals surface area contributed by atoms with Crippen LogP contribution in [0, 0.1) is 0 Å². The molecule has 2 aromatic rings. The van der Waals surface area contributed by atoms with Crippen LogP contribution in [0.3, 0.4) is 0 Å². The van der Waals surface area contributed by atoms with Crippen LogP contribution < -0.4 is 5.32 Å². The molecule has 3 rings (SSSR count). The second-order valence-electron chi connectivity index (χ2n) is 6.24. The number of carbonyl (C=O) groups excluding carboxylic acids is 2. The van der Waals surface area contributed by atoms with Gasteiger partial charge in [-0.2, -0.15) is 0 Å². The Hall–Kier alpha value is -2.31. The summed E-state index contributed by atoms with van der Waals surface area (Å²) < 4.78 is 0. The first kappa shape index (κ1) is 18.5. The van der Waals surface area contributed by atoms with Crippen molar-refractivity contribution in [2.75, 3.05) is 37.8 Å². The van der Waals surface area contributed by atoms with Gasteiger partial charge in [0.05, 0.1) is 0 Å². The van der Waals surface area contributed by atoms with Crippen LogP contribution in [-0.4, -0.2) is 54.0 Å². The molecule has 0 bridgehead atoms. The van der Waals surface area contributed by atoms with Gasteiger partial charge in [-0.05, 0) is 30.0 Å². The highest BCUT2D eigenvalue weighted by atomic mass is 32.2. The van der Waals surface area contributed by atoms with Crippen LogP contribution in [0.15, 0.2) is 59.5 Å². The van der Waals surface area contributed by atoms with Crippen molar-refractivity contribution in [1.82, 2.24) is 9.80 Å². The summed E-state index contributed by atoms with van der Waals surface area (Å²) in [5.41, 5.74) is 1.91. The van der Waals surface area contributed by atoms with Crippen LogP contribution >= 0.6 is 11.8 Å². The van der Waals surface area contributed by atoms with Gasteiger partial charge >= 0.3 is 11.8 Å². The number of hydrogen-bond acceptors (Lipinski definition) is 4. The summed E-state index contributed by atoms with van der Waals surface area (Å²) in [4.78, 5) is 29.7. The number of nitrogens with one attached hydrogen (secondary N) is 1. The highest BCUT2D eigenvalue weighted by molar-refractivity contribution is 7.98. The summed E-state index contributed by atoms with van der Waals surface area (Å²) in [5, 5.41) is 2.71. The Balaban J connectivity index is 1.50. The number of rotatable bonds is 4. The minimum Gasteiger partial charge on any atom is -0.332 e. The monoisotopic (exact) mass is 369 g/mol. The Morgan fingerprint density at radius 3 is 2.42 bits per heavy atom. The summed E-state index contributed by atoms with van der Waals surface area (Å²) >= 11 is 1.60. The normalized spacial score (nSPS) is 14.9. The van der Waals surface area contributed by atoms with Crippen LogP contribution in [0.4, 0.5) is 5.69 Å². The standard InChI is InChI=1S/C20H23N3O2S/c1-26-18-9-5-8-17(14-18)21-19(24)20(25)23-12-10-22(11-13-23)15-16-6-3-2-4-7-16/h2-9,14H,10-13,15H2,1H3,(H,21,24). The molecule has 1 aliphatic heterocycles. The minimum absolute atomic E-state index is 0.459. The van der Waals surface area contributed by atoms with E-state index in [9.17, 15) is 9.59 Å². The van der Waals surface area contributed by atoms with Crippen molar-refractivity contribution in [3.8, 4) is 0 Å². The zero-order valence-electron chi connectivity index (χ0n) is 14.9. The number of anilines is 1. The number of nitrogens with zero attached hydrogens (tertiary/aromatic N) is 2. The van der Waals surface area contributed by atoms with Crippen molar-refractivity contribution in [1.29, 1.82) is 0 Å². The molecule has 136 valence electrons. The molecule has 0 radical (unpaired) electrons. The van der Waals surface area contributed by atoms with Crippen LogP contribution in [0.2, 0.25) is 0 Å². The summed E-state index contributed by atoms with van der Waals surface area (Å²) in [6, 6.07) is 17.8. The Morgan fingerprint density at radius 1 is 1.00 bits per heavy atom. The van der Waals surface area contributed by atoms with Crippen LogP contribution in [0.25, 0.3) is 0 Å². The molecule has 1 N–H and O–H groups in total. The third kappa shape index (κ3) is 4.86.